The van der Waals surface area contributed by atoms with Crippen LogP contribution in [0.15, 0.2) is 23.1 Å². The second-order valence-corrected chi connectivity index (χ2v) is 5.15. The molecule has 1 aromatic rings. The van der Waals surface area contributed by atoms with E-state index >= 15 is 0 Å². The smallest absolute Gasteiger partial charge is 0.207 e. The molecule has 17 heavy (non-hydrogen) atoms. The summed E-state index contributed by atoms with van der Waals surface area (Å²) >= 11 is 5.79. The Bertz CT molecular complexity index is 621. The van der Waals surface area contributed by atoms with Crippen LogP contribution in [-0.2, 0) is 10.0 Å². The summed E-state index contributed by atoms with van der Waals surface area (Å²) in [5, 5.41) is 8.77. The van der Waals surface area contributed by atoms with Crippen molar-refractivity contribution in [1.29, 1.82) is 5.26 Å². The molecule has 0 aliphatic carbocycles. The van der Waals surface area contributed by atoms with Crippen molar-refractivity contribution in [3.05, 3.63) is 28.8 Å². The van der Waals surface area contributed by atoms with Crippen LogP contribution >= 0.6 is 11.6 Å². The fourth-order valence-corrected chi connectivity index (χ4v) is 2.52. The third-order valence-corrected chi connectivity index (χ3v) is 3.76. The van der Waals surface area contributed by atoms with E-state index in [1.807, 2.05) is 6.07 Å². The predicted octanol–water partition coefficient (Wildman–Crippen LogP) is 1.51. The van der Waals surface area contributed by atoms with Gasteiger partial charge in [0, 0.05) is 0 Å². The SMILES string of the molecule is CC#CCNS(=O)(=O)c1cc(C#N)ccc1Cl. The van der Waals surface area contributed by atoms with Crippen LogP contribution in [0.5, 0.6) is 0 Å². The van der Waals surface area contributed by atoms with E-state index in [1.165, 1.54) is 18.2 Å². The van der Waals surface area contributed by atoms with Gasteiger partial charge in [-0.3, -0.25) is 0 Å². The molecule has 0 bridgehead atoms. The van der Waals surface area contributed by atoms with Gasteiger partial charge in [0.25, 0.3) is 0 Å². The van der Waals surface area contributed by atoms with Gasteiger partial charge in [-0.25, -0.2) is 8.42 Å². The van der Waals surface area contributed by atoms with Gasteiger partial charge in [-0.05, 0) is 25.1 Å². The zero-order valence-electron chi connectivity index (χ0n) is 8.99. The second kappa shape index (κ2) is 5.70. The molecule has 0 saturated heterocycles. The van der Waals surface area contributed by atoms with Crippen LogP contribution in [0, 0.1) is 23.2 Å². The average Bonchev–Trinajstić information content (AvgIpc) is 2.29. The molecule has 0 aliphatic rings. The Hall–Kier alpha value is -1.53. The molecule has 4 nitrogen and oxygen atoms in total. The van der Waals surface area contributed by atoms with Crippen LogP contribution in [0.25, 0.3) is 0 Å². The van der Waals surface area contributed by atoms with Gasteiger partial charge in [-0.2, -0.15) is 9.98 Å². The highest BCUT2D eigenvalue weighted by Crippen LogP contribution is 2.22. The monoisotopic (exact) mass is 268 g/mol. The van der Waals surface area contributed by atoms with Crippen molar-refractivity contribution in [2.24, 2.45) is 0 Å². The normalized spacial score (nSPS) is 10.2. The van der Waals surface area contributed by atoms with E-state index in [-0.39, 0.29) is 22.0 Å². The van der Waals surface area contributed by atoms with Crippen molar-refractivity contribution >= 4 is 21.6 Å². The number of rotatable bonds is 3. The van der Waals surface area contributed by atoms with Gasteiger partial charge < -0.3 is 0 Å². The summed E-state index contributed by atoms with van der Waals surface area (Å²) in [6.07, 6.45) is 0. The van der Waals surface area contributed by atoms with Gasteiger partial charge >= 0.3 is 0 Å². The van der Waals surface area contributed by atoms with Gasteiger partial charge in [0.2, 0.25) is 10.0 Å². The summed E-state index contributed by atoms with van der Waals surface area (Å²) in [6.45, 7) is 1.61. The summed E-state index contributed by atoms with van der Waals surface area (Å²) in [5.74, 6) is 5.14. The van der Waals surface area contributed by atoms with E-state index in [0.29, 0.717) is 0 Å². The Morgan fingerprint density at radius 1 is 1.47 bits per heavy atom. The third kappa shape index (κ3) is 3.47. The summed E-state index contributed by atoms with van der Waals surface area (Å²) in [5.41, 5.74) is 0.233. The first kappa shape index (κ1) is 13.5. The molecule has 1 N–H and O–H groups in total. The lowest BCUT2D eigenvalue weighted by atomic mass is 10.2. The fourth-order valence-electron chi connectivity index (χ4n) is 1.08. The quantitative estimate of drug-likeness (QED) is 0.845. The minimum Gasteiger partial charge on any atom is -0.207 e. The molecule has 1 rings (SSSR count). The van der Waals surface area contributed by atoms with Crippen LogP contribution in [0.4, 0.5) is 0 Å². The molecule has 0 spiro atoms. The lowest BCUT2D eigenvalue weighted by Gasteiger charge is -2.06. The van der Waals surface area contributed by atoms with E-state index in [4.69, 9.17) is 16.9 Å². The number of nitriles is 1. The summed E-state index contributed by atoms with van der Waals surface area (Å²) in [6, 6.07) is 5.91. The van der Waals surface area contributed by atoms with Gasteiger partial charge in [-0.15, -0.1) is 5.92 Å². The molecule has 0 heterocycles. The maximum atomic E-state index is 11.8. The molecule has 0 fully saturated rings. The highest BCUT2D eigenvalue weighted by atomic mass is 35.5. The highest BCUT2D eigenvalue weighted by molar-refractivity contribution is 7.89. The summed E-state index contributed by atoms with van der Waals surface area (Å²) in [4.78, 5) is -0.115. The Morgan fingerprint density at radius 2 is 2.18 bits per heavy atom. The van der Waals surface area contributed by atoms with E-state index < -0.39 is 10.0 Å². The van der Waals surface area contributed by atoms with Crippen LogP contribution in [0.2, 0.25) is 5.02 Å². The number of benzene rings is 1. The number of nitrogens with zero attached hydrogens (tertiary/aromatic N) is 1. The lowest BCUT2D eigenvalue weighted by Crippen LogP contribution is -2.24. The number of halogens is 1. The minimum absolute atomic E-state index is 0.00590. The standard InChI is InChI=1S/C11H9ClN2O2S/c1-2-3-6-14-17(15,16)11-7-9(8-13)4-5-10(11)12/h4-5,7,14H,6H2,1H3. The van der Waals surface area contributed by atoms with Gasteiger partial charge in [0.1, 0.15) is 4.90 Å². The van der Waals surface area contributed by atoms with Crippen LogP contribution < -0.4 is 4.72 Å². The van der Waals surface area contributed by atoms with Crippen molar-refractivity contribution < 1.29 is 8.42 Å². The first-order valence-corrected chi connectivity index (χ1v) is 6.46. The summed E-state index contributed by atoms with van der Waals surface area (Å²) in [7, 11) is -3.73. The zero-order valence-corrected chi connectivity index (χ0v) is 10.6. The first-order valence-electron chi connectivity index (χ1n) is 4.60. The van der Waals surface area contributed by atoms with Crippen molar-refractivity contribution in [3.63, 3.8) is 0 Å². The lowest BCUT2D eigenvalue weighted by molar-refractivity contribution is 0.586. The Morgan fingerprint density at radius 3 is 2.76 bits per heavy atom. The second-order valence-electron chi connectivity index (χ2n) is 3.01. The molecule has 0 radical (unpaired) electrons. The third-order valence-electron chi connectivity index (χ3n) is 1.88. The highest BCUT2D eigenvalue weighted by Gasteiger charge is 2.17. The predicted molar refractivity (Wildman–Crippen MR) is 64.8 cm³/mol. The van der Waals surface area contributed by atoms with Crippen LogP contribution in [0.1, 0.15) is 12.5 Å². The zero-order chi connectivity index (χ0) is 12.9. The van der Waals surface area contributed by atoms with Crippen LogP contribution in [0.3, 0.4) is 0 Å². The number of hydrogen-bond donors (Lipinski definition) is 1. The topological polar surface area (TPSA) is 70.0 Å². The maximum absolute atomic E-state index is 11.8. The molecule has 6 heteroatoms. The van der Waals surface area contributed by atoms with E-state index in [1.54, 1.807) is 6.92 Å². The van der Waals surface area contributed by atoms with Crippen molar-refractivity contribution in [2.45, 2.75) is 11.8 Å². The molecule has 88 valence electrons. The Balaban J connectivity index is 3.13. The Kier molecular flexibility index (Phi) is 4.53. The first-order chi connectivity index (χ1) is 8.01. The van der Waals surface area contributed by atoms with Crippen LogP contribution in [-0.4, -0.2) is 15.0 Å². The van der Waals surface area contributed by atoms with Gasteiger partial charge in [0.15, 0.2) is 0 Å². The molecule has 0 saturated carbocycles. The van der Waals surface area contributed by atoms with Gasteiger partial charge in [-0.1, -0.05) is 17.5 Å². The summed E-state index contributed by atoms with van der Waals surface area (Å²) < 4.78 is 25.9. The molecule has 0 aliphatic heterocycles. The molecule has 0 amide bonds. The average molecular weight is 269 g/mol. The minimum atomic E-state index is -3.73. The van der Waals surface area contributed by atoms with E-state index in [0.717, 1.165) is 0 Å². The van der Waals surface area contributed by atoms with Gasteiger partial charge in [0.05, 0.1) is 23.2 Å². The number of sulfonamides is 1. The van der Waals surface area contributed by atoms with Crippen molar-refractivity contribution in [3.8, 4) is 17.9 Å². The largest absolute Gasteiger partial charge is 0.242 e. The van der Waals surface area contributed by atoms with E-state index in [2.05, 4.69) is 16.6 Å². The van der Waals surface area contributed by atoms with Crippen molar-refractivity contribution in [2.75, 3.05) is 6.54 Å². The van der Waals surface area contributed by atoms with Crippen molar-refractivity contribution in [1.82, 2.24) is 4.72 Å². The fraction of sp³-hybridized carbons (Fsp3) is 0.182. The molecular formula is C11H9ClN2O2S. The molecule has 1 aromatic carbocycles. The molecule has 0 unspecified atom stereocenters. The Labute approximate surface area is 105 Å². The molecular weight excluding hydrogens is 260 g/mol. The maximum Gasteiger partial charge on any atom is 0.242 e. The molecule has 0 aromatic heterocycles. The molecule has 0 atom stereocenters. The number of hydrogen-bond acceptors (Lipinski definition) is 3. The van der Waals surface area contributed by atoms with E-state index in [9.17, 15) is 8.42 Å². The number of nitrogens with one attached hydrogen (secondary N) is 1.